The molecule has 1 saturated heterocycles. The smallest absolute Gasteiger partial charge is 0.222 e. The third-order valence-electron chi connectivity index (χ3n) is 4.63. The fraction of sp³-hybridized carbons (Fsp3) is 0.263. The van der Waals surface area contributed by atoms with Crippen LogP contribution in [0.15, 0.2) is 49.1 Å². The van der Waals surface area contributed by atoms with Gasteiger partial charge in [0.05, 0.1) is 4.88 Å². The lowest BCUT2D eigenvalue weighted by molar-refractivity contribution is -0.132. The predicted molar refractivity (Wildman–Crippen MR) is 102 cm³/mol. The van der Waals surface area contributed by atoms with Crippen LogP contribution in [0.4, 0.5) is 10.9 Å². The summed E-state index contributed by atoms with van der Waals surface area (Å²) in [5.74, 6) is 1.16. The van der Waals surface area contributed by atoms with Crippen molar-refractivity contribution in [2.75, 3.05) is 18.9 Å². The molecule has 1 amide bonds. The number of anilines is 2. The molecular weight excluding hydrogens is 346 g/mol. The summed E-state index contributed by atoms with van der Waals surface area (Å²) in [6.07, 6.45) is 8.63. The molecule has 1 unspecified atom stereocenters. The number of hydrogen-bond acceptors (Lipinski definition) is 6. The Kier molecular flexibility index (Phi) is 4.62. The summed E-state index contributed by atoms with van der Waals surface area (Å²) in [4.78, 5) is 28.0. The third kappa shape index (κ3) is 3.43. The second kappa shape index (κ2) is 7.21. The van der Waals surface area contributed by atoms with Gasteiger partial charge < -0.3 is 10.2 Å². The fourth-order valence-electron chi connectivity index (χ4n) is 3.14. The van der Waals surface area contributed by atoms with Gasteiger partial charge >= 0.3 is 0 Å². The van der Waals surface area contributed by atoms with E-state index in [2.05, 4.69) is 26.3 Å². The minimum atomic E-state index is 0.185. The van der Waals surface area contributed by atoms with Crippen molar-refractivity contribution in [3.8, 4) is 10.4 Å². The average molecular weight is 365 g/mol. The number of hydrogen-bond donors (Lipinski definition) is 1. The van der Waals surface area contributed by atoms with Gasteiger partial charge in [0, 0.05) is 44.8 Å². The molecule has 1 fully saturated rings. The summed E-state index contributed by atoms with van der Waals surface area (Å²) in [6.45, 7) is 0.779. The summed E-state index contributed by atoms with van der Waals surface area (Å²) in [5.41, 5.74) is 2.17. The van der Waals surface area contributed by atoms with Crippen LogP contribution in [0.2, 0.25) is 0 Å². The molecule has 0 bridgehead atoms. The highest BCUT2D eigenvalue weighted by Gasteiger charge is 2.26. The van der Waals surface area contributed by atoms with Crippen LogP contribution in [0.3, 0.4) is 0 Å². The van der Waals surface area contributed by atoms with Crippen LogP contribution in [-0.2, 0) is 4.79 Å². The predicted octanol–water partition coefficient (Wildman–Crippen LogP) is 3.68. The van der Waals surface area contributed by atoms with Gasteiger partial charge in [-0.3, -0.25) is 9.78 Å². The van der Waals surface area contributed by atoms with Crippen LogP contribution in [0.1, 0.15) is 24.3 Å². The summed E-state index contributed by atoms with van der Waals surface area (Å²) in [7, 11) is 1.86. The van der Waals surface area contributed by atoms with E-state index in [1.807, 2.05) is 31.4 Å². The molecule has 1 aliphatic heterocycles. The van der Waals surface area contributed by atoms with E-state index in [9.17, 15) is 4.79 Å². The van der Waals surface area contributed by atoms with Gasteiger partial charge in [0.15, 0.2) is 5.13 Å². The number of rotatable bonds is 4. The number of carbonyl (C=O) groups excluding carboxylic acids is 1. The highest BCUT2D eigenvalue weighted by Crippen LogP contribution is 2.35. The highest BCUT2D eigenvalue weighted by atomic mass is 32.1. The van der Waals surface area contributed by atoms with Crippen molar-refractivity contribution in [2.45, 2.75) is 18.8 Å². The van der Waals surface area contributed by atoms with E-state index in [1.54, 1.807) is 34.8 Å². The zero-order valence-corrected chi connectivity index (χ0v) is 15.2. The van der Waals surface area contributed by atoms with E-state index in [0.29, 0.717) is 6.42 Å². The Balaban J connectivity index is 1.56. The van der Waals surface area contributed by atoms with Crippen molar-refractivity contribution in [1.29, 1.82) is 0 Å². The van der Waals surface area contributed by atoms with Crippen LogP contribution in [0.25, 0.3) is 10.4 Å². The molecule has 3 aromatic rings. The van der Waals surface area contributed by atoms with Gasteiger partial charge in [-0.05, 0) is 41.7 Å². The van der Waals surface area contributed by atoms with Gasteiger partial charge in [-0.25, -0.2) is 9.97 Å². The van der Waals surface area contributed by atoms with E-state index >= 15 is 0 Å². The summed E-state index contributed by atoms with van der Waals surface area (Å²) < 4.78 is 0. The summed E-state index contributed by atoms with van der Waals surface area (Å²) >= 11 is 1.57. The van der Waals surface area contributed by atoms with Gasteiger partial charge in [-0.15, -0.1) is 0 Å². The normalized spacial score (nSPS) is 17.3. The number of pyridine rings is 2. The number of piperidine rings is 1. The minimum absolute atomic E-state index is 0.185. The van der Waals surface area contributed by atoms with Gasteiger partial charge in [0.25, 0.3) is 0 Å². The lowest BCUT2D eigenvalue weighted by Crippen LogP contribution is -2.34. The first kappa shape index (κ1) is 16.7. The fourth-order valence-corrected chi connectivity index (χ4v) is 3.96. The lowest BCUT2D eigenvalue weighted by atomic mass is 9.89. The lowest BCUT2D eigenvalue weighted by Gasteiger charge is -2.29. The van der Waals surface area contributed by atoms with Crippen molar-refractivity contribution in [3.05, 3.63) is 54.6 Å². The zero-order chi connectivity index (χ0) is 17.9. The number of likely N-dealkylation sites (tertiary alicyclic amines) is 1. The van der Waals surface area contributed by atoms with Gasteiger partial charge in [0.1, 0.15) is 5.82 Å². The summed E-state index contributed by atoms with van der Waals surface area (Å²) in [5, 5.41) is 4.13. The van der Waals surface area contributed by atoms with Crippen LogP contribution < -0.4 is 5.32 Å². The Morgan fingerprint density at radius 2 is 2.04 bits per heavy atom. The Morgan fingerprint density at radius 1 is 1.19 bits per heavy atom. The first-order valence-corrected chi connectivity index (χ1v) is 9.34. The van der Waals surface area contributed by atoms with Crippen LogP contribution in [0.5, 0.6) is 0 Å². The van der Waals surface area contributed by atoms with Crippen LogP contribution in [-0.4, -0.2) is 39.4 Å². The number of thiazole rings is 1. The molecule has 0 aromatic carbocycles. The van der Waals surface area contributed by atoms with E-state index in [1.165, 1.54) is 0 Å². The molecule has 1 N–H and O–H groups in total. The SMILES string of the molecule is CN1CCC(c2cccnc2Nc2ncc(-c3ccncc3)s2)CC1=O. The molecule has 0 radical (unpaired) electrons. The van der Waals surface area contributed by atoms with Gasteiger partial charge in [0.2, 0.25) is 5.91 Å². The summed E-state index contributed by atoms with van der Waals surface area (Å²) in [6, 6.07) is 7.91. The maximum absolute atomic E-state index is 12.1. The third-order valence-corrected chi connectivity index (χ3v) is 5.60. The van der Waals surface area contributed by atoms with Crippen LogP contribution >= 0.6 is 11.3 Å². The number of aromatic nitrogens is 3. The molecule has 0 spiro atoms. The molecule has 3 aromatic heterocycles. The number of nitrogens with one attached hydrogen (secondary N) is 1. The van der Waals surface area contributed by atoms with Crippen molar-refractivity contribution in [2.24, 2.45) is 0 Å². The van der Waals surface area contributed by atoms with Crippen molar-refractivity contribution in [1.82, 2.24) is 19.9 Å². The van der Waals surface area contributed by atoms with Gasteiger partial charge in [-0.2, -0.15) is 0 Å². The van der Waals surface area contributed by atoms with Gasteiger partial charge in [-0.1, -0.05) is 17.4 Å². The van der Waals surface area contributed by atoms with E-state index in [-0.39, 0.29) is 11.8 Å². The Bertz CT molecular complexity index is 911. The van der Waals surface area contributed by atoms with E-state index in [4.69, 9.17) is 0 Å². The van der Waals surface area contributed by atoms with Crippen LogP contribution in [0, 0.1) is 0 Å². The molecular formula is C19H19N5OS. The molecule has 6 nitrogen and oxygen atoms in total. The standard InChI is InChI=1S/C19H19N5OS/c1-24-10-6-14(11-17(24)25)15-3-2-7-21-18(15)23-19-22-12-16(26-19)13-4-8-20-9-5-13/h2-5,7-9,12,14H,6,10-11H2,1H3,(H,21,22,23). The molecule has 4 rings (SSSR count). The second-order valence-electron chi connectivity index (χ2n) is 6.34. The molecule has 0 saturated carbocycles. The number of nitrogens with zero attached hydrogens (tertiary/aromatic N) is 4. The molecule has 1 aliphatic rings. The topological polar surface area (TPSA) is 71.0 Å². The maximum atomic E-state index is 12.1. The second-order valence-corrected chi connectivity index (χ2v) is 7.37. The molecule has 26 heavy (non-hydrogen) atoms. The largest absolute Gasteiger partial charge is 0.346 e. The van der Waals surface area contributed by atoms with E-state index < -0.39 is 0 Å². The zero-order valence-electron chi connectivity index (χ0n) is 14.4. The molecule has 4 heterocycles. The monoisotopic (exact) mass is 365 g/mol. The van der Waals surface area contributed by atoms with Crippen molar-refractivity contribution < 1.29 is 4.79 Å². The first-order valence-electron chi connectivity index (χ1n) is 8.53. The Morgan fingerprint density at radius 3 is 2.85 bits per heavy atom. The molecule has 132 valence electrons. The molecule has 7 heteroatoms. The quantitative estimate of drug-likeness (QED) is 0.764. The molecule has 1 atom stereocenters. The molecule has 0 aliphatic carbocycles. The average Bonchev–Trinajstić information content (AvgIpc) is 3.14. The van der Waals surface area contributed by atoms with Crippen molar-refractivity contribution in [3.63, 3.8) is 0 Å². The minimum Gasteiger partial charge on any atom is -0.346 e. The van der Waals surface area contributed by atoms with E-state index in [0.717, 1.165) is 39.9 Å². The first-order chi connectivity index (χ1) is 12.7. The van der Waals surface area contributed by atoms with Crippen molar-refractivity contribution >= 4 is 28.2 Å². The maximum Gasteiger partial charge on any atom is 0.222 e. The highest BCUT2D eigenvalue weighted by molar-refractivity contribution is 7.18. The number of amides is 1. The number of carbonyl (C=O) groups is 1. The Hall–Kier alpha value is -2.80. The Labute approximate surface area is 155 Å².